The van der Waals surface area contributed by atoms with Crippen molar-refractivity contribution < 1.29 is 19.5 Å². The standard InChI is InChI=1S/C11H11N3O4S/c15-9(16)3-6-1-2-7(4-12-6)13-10(17)8-5-19-11(18)14-8/h1-2,4,8H,3,5H2,(H,13,17)(H,14,18)(H,15,16). The van der Waals surface area contributed by atoms with E-state index >= 15 is 0 Å². The van der Waals surface area contributed by atoms with E-state index in [-0.39, 0.29) is 17.6 Å². The largest absolute Gasteiger partial charge is 0.481 e. The third-order valence-electron chi connectivity index (χ3n) is 2.41. The summed E-state index contributed by atoms with van der Waals surface area (Å²) in [5, 5.41) is 13.5. The van der Waals surface area contributed by atoms with Gasteiger partial charge in [-0.25, -0.2) is 0 Å². The average molecular weight is 281 g/mol. The second-order valence-corrected chi connectivity index (χ2v) is 4.89. The zero-order chi connectivity index (χ0) is 13.8. The van der Waals surface area contributed by atoms with Gasteiger partial charge in [0.25, 0.3) is 5.24 Å². The van der Waals surface area contributed by atoms with Crippen LogP contribution in [-0.4, -0.2) is 39.0 Å². The molecule has 100 valence electrons. The van der Waals surface area contributed by atoms with Gasteiger partial charge in [0.2, 0.25) is 5.91 Å². The quantitative estimate of drug-likeness (QED) is 0.740. The van der Waals surface area contributed by atoms with Gasteiger partial charge in [-0.3, -0.25) is 19.4 Å². The third kappa shape index (κ3) is 3.68. The summed E-state index contributed by atoms with van der Waals surface area (Å²) in [6.07, 6.45) is 1.23. The average Bonchev–Trinajstić information content (AvgIpc) is 2.78. The number of anilines is 1. The summed E-state index contributed by atoms with van der Waals surface area (Å²) in [6.45, 7) is 0. The number of nitrogens with one attached hydrogen (secondary N) is 2. The summed E-state index contributed by atoms with van der Waals surface area (Å²) in [4.78, 5) is 37.1. The minimum absolute atomic E-state index is 0.163. The molecule has 3 N–H and O–H groups in total. The molecule has 1 aromatic rings. The molecular weight excluding hydrogens is 270 g/mol. The first kappa shape index (κ1) is 13.3. The summed E-state index contributed by atoms with van der Waals surface area (Å²) in [6, 6.07) is 2.56. The van der Waals surface area contributed by atoms with Gasteiger partial charge in [-0.2, -0.15) is 0 Å². The van der Waals surface area contributed by atoms with Crippen molar-refractivity contribution in [2.24, 2.45) is 0 Å². The Morgan fingerprint density at radius 1 is 1.53 bits per heavy atom. The van der Waals surface area contributed by atoms with Gasteiger partial charge in [-0.05, 0) is 12.1 Å². The van der Waals surface area contributed by atoms with Crippen molar-refractivity contribution in [3.8, 4) is 0 Å². The van der Waals surface area contributed by atoms with E-state index in [1.54, 1.807) is 6.07 Å². The number of carbonyl (C=O) groups excluding carboxylic acids is 2. The number of amides is 2. The first-order valence-corrected chi connectivity index (χ1v) is 6.44. The van der Waals surface area contributed by atoms with Crippen molar-refractivity contribution in [3.05, 3.63) is 24.0 Å². The fourth-order valence-corrected chi connectivity index (χ4v) is 2.29. The number of carbonyl (C=O) groups is 3. The fourth-order valence-electron chi connectivity index (χ4n) is 1.51. The Balaban J connectivity index is 1.94. The number of rotatable bonds is 4. The molecule has 1 aliphatic rings. The highest BCUT2D eigenvalue weighted by atomic mass is 32.2. The lowest BCUT2D eigenvalue weighted by molar-refractivity contribution is -0.136. The molecule has 1 aromatic heterocycles. The van der Waals surface area contributed by atoms with E-state index in [1.807, 2.05) is 0 Å². The van der Waals surface area contributed by atoms with E-state index in [1.165, 1.54) is 12.3 Å². The summed E-state index contributed by atoms with van der Waals surface area (Å²) in [7, 11) is 0. The van der Waals surface area contributed by atoms with Gasteiger partial charge in [0.05, 0.1) is 24.0 Å². The molecule has 0 aromatic carbocycles. The van der Waals surface area contributed by atoms with Gasteiger partial charge in [-0.1, -0.05) is 11.8 Å². The van der Waals surface area contributed by atoms with Crippen LogP contribution in [0.15, 0.2) is 18.3 Å². The molecule has 2 heterocycles. The van der Waals surface area contributed by atoms with E-state index in [0.29, 0.717) is 17.1 Å². The van der Waals surface area contributed by atoms with Gasteiger partial charge >= 0.3 is 5.97 Å². The van der Waals surface area contributed by atoms with Crippen molar-refractivity contribution >= 4 is 34.6 Å². The Morgan fingerprint density at radius 2 is 2.32 bits per heavy atom. The van der Waals surface area contributed by atoms with Crippen LogP contribution >= 0.6 is 11.8 Å². The lowest BCUT2D eigenvalue weighted by atomic mass is 10.2. The van der Waals surface area contributed by atoms with E-state index in [2.05, 4.69) is 15.6 Å². The molecule has 0 radical (unpaired) electrons. The maximum absolute atomic E-state index is 11.8. The van der Waals surface area contributed by atoms with E-state index in [9.17, 15) is 14.4 Å². The van der Waals surface area contributed by atoms with Crippen LogP contribution in [-0.2, 0) is 16.0 Å². The van der Waals surface area contributed by atoms with Crippen molar-refractivity contribution in [1.82, 2.24) is 10.3 Å². The zero-order valence-electron chi connectivity index (χ0n) is 9.75. The van der Waals surface area contributed by atoms with E-state index < -0.39 is 12.0 Å². The highest BCUT2D eigenvalue weighted by Gasteiger charge is 2.27. The predicted molar refractivity (Wildman–Crippen MR) is 69.0 cm³/mol. The Morgan fingerprint density at radius 3 is 2.84 bits per heavy atom. The van der Waals surface area contributed by atoms with Crippen LogP contribution in [0.25, 0.3) is 0 Å². The molecular formula is C11H11N3O4S. The van der Waals surface area contributed by atoms with Crippen molar-refractivity contribution in [2.45, 2.75) is 12.5 Å². The van der Waals surface area contributed by atoms with E-state index in [0.717, 1.165) is 11.8 Å². The van der Waals surface area contributed by atoms with Gasteiger partial charge < -0.3 is 15.7 Å². The van der Waals surface area contributed by atoms with E-state index in [4.69, 9.17) is 5.11 Å². The molecule has 8 heteroatoms. The van der Waals surface area contributed by atoms with Gasteiger partial charge in [-0.15, -0.1) is 0 Å². The molecule has 1 unspecified atom stereocenters. The first-order valence-electron chi connectivity index (χ1n) is 5.45. The van der Waals surface area contributed by atoms with Gasteiger partial charge in [0, 0.05) is 5.75 Å². The summed E-state index contributed by atoms with van der Waals surface area (Å²) >= 11 is 1.06. The van der Waals surface area contributed by atoms with Crippen LogP contribution in [0.1, 0.15) is 5.69 Å². The topological polar surface area (TPSA) is 108 Å². The second kappa shape index (κ2) is 5.70. The molecule has 1 saturated heterocycles. The highest BCUT2D eigenvalue weighted by molar-refractivity contribution is 8.14. The monoisotopic (exact) mass is 281 g/mol. The van der Waals surface area contributed by atoms with Crippen molar-refractivity contribution in [3.63, 3.8) is 0 Å². The molecule has 1 atom stereocenters. The molecule has 0 saturated carbocycles. The lowest BCUT2D eigenvalue weighted by Crippen LogP contribution is -2.38. The Kier molecular flexibility index (Phi) is 4.00. The van der Waals surface area contributed by atoms with Crippen molar-refractivity contribution in [1.29, 1.82) is 0 Å². The number of aliphatic carboxylic acids is 1. The summed E-state index contributed by atoms with van der Waals surface area (Å²) in [5.74, 6) is -0.879. The normalized spacial score (nSPS) is 17.9. The highest BCUT2D eigenvalue weighted by Crippen LogP contribution is 2.15. The molecule has 1 aliphatic heterocycles. The van der Waals surface area contributed by atoms with Crippen LogP contribution in [0.5, 0.6) is 0 Å². The number of carboxylic acids is 1. The Hall–Kier alpha value is -2.09. The lowest BCUT2D eigenvalue weighted by Gasteiger charge is -2.10. The molecule has 7 nitrogen and oxygen atoms in total. The van der Waals surface area contributed by atoms with Gasteiger partial charge in [0.1, 0.15) is 6.04 Å². The second-order valence-electron chi connectivity index (χ2n) is 3.89. The molecule has 0 spiro atoms. The SMILES string of the molecule is O=C(O)Cc1ccc(NC(=O)C2CSC(=O)N2)cn1. The molecule has 2 amide bonds. The van der Waals surface area contributed by atoms with Crippen molar-refractivity contribution in [2.75, 3.05) is 11.1 Å². The minimum atomic E-state index is -0.963. The molecule has 1 fully saturated rings. The number of hydrogen-bond donors (Lipinski definition) is 3. The van der Waals surface area contributed by atoms with Gasteiger partial charge in [0.15, 0.2) is 0 Å². The Labute approximate surface area is 112 Å². The van der Waals surface area contributed by atoms with Crippen LogP contribution < -0.4 is 10.6 Å². The third-order valence-corrected chi connectivity index (χ3v) is 3.29. The first-order chi connectivity index (χ1) is 9.04. The fraction of sp³-hybridized carbons (Fsp3) is 0.273. The molecule has 0 bridgehead atoms. The number of aromatic nitrogens is 1. The number of hydrogen-bond acceptors (Lipinski definition) is 5. The number of carboxylic acid groups (broad SMARTS) is 1. The zero-order valence-corrected chi connectivity index (χ0v) is 10.6. The number of thioether (sulfide) groups is 1. The number of nitrogens with zero attached hydrogens (tertiary/aromatic N) is 1. The van der Waals surface area contributed by atoms with Crippen LogP contribution in [0.3, 0.4) is 0 Å². The molecule has 19 heavy (non-hydrogen) atoms. The van der Waals surface area contributed by atoms with Crippen LogP contribution in [0.4, 0.5) is 10.5 Å². The molecule has 0 aliphatic carbocycles. The van der Waals surface area contributed by atoms with Crippen LogP contribution in [0.2, 0.25) is 0 Å². The summed E-state index contributed by atoms with van der Waals surface area (Å²) in [5.41, 5.74) is 0.875. The predicted octanol–water partition coefficient (Wildman–Crippen LogP) is 0.472. The maximum atomic E-state index is 11.8. The minimum Gasteiger partial charge on any atom is -0.481 e. The Bertz CT molecular complexity index is 517. The summed E-state index contributed by atoms with van der Waals surface area (Å²) < 4.78 is 0. The number of pyridine rings is 1. The maximum Gasteiger partial charge on any atom is 0.309 e. The smallest absolute Gasteiger partial charge is 0.309 e. The van der Waals surface area contributed by atoms with Crippen LogP contribution in [0, 0.1) is 0 Å². The molecule has 2 rings (SSSR count).